The summed E-state index contributed by atoms with van der Waals surface area (Å²) in [6.07, 6.45) is 0.774. The fraction of sp³-hybridized carbons (Fsp3) is 0.190. The van der Waals surface area contributed by atoms with Crippen LogP contribution in [0.2, 0.25) is 5.02 Å². The van der Waals surface area contributed by atoms with Crippen molar-refractivity contribution < 1.29 is 9.18 Å². The molecule has 144 valence electrons. The largest absolute Gasteiger partial charge is 0.370 e. The highest BCUT2D eigenvalue weighted by Crippen LogP contribution is 2.12. The molecular formula is C21H20ClFN4O. The summed E-state index contributed by atoms with van der Waals surface area (Å²) in [7, 11) is 0. The van der Waals surface area contributed by atoms with Crippen LogP contribution < -0.4 is 10.6 Å². The number of rotatable bonds is 7. The monoisotopic (exact) mass is 398 g/mol. The average Bonchev–Trinajstić information content (AvgIpc) is 2.67. The van der Waals surface area contributed by atoms with Gasteiger partial charge in [-0.2, -0.15) is 0 Å². The number of anilines is 1. The van der Waals surface area contributed by atoms with Gasteiger partial charge in [0.15, 0.2) is 0 Å². The van der Waals surface area contributed by atoms with Gasteiger partial charge in [-0.25, -0.2) is 14.4 Å². The number of hydrogen-bond acceptors (Lipinski definition) is 4. The molecular weight excluding hydrogens is 379 g/mol. The van der Waals surface area contributed by atoms with Gasteiger partial charge in [0, 0.05) is 24.2 Å². The van der Waals surface area contributed by atoms with Crippen LogP contribution in [0.1, 0.15) is 27.4 Å². The first-order chi connectivity index (χ1) is 13.5. The van der Waals surface area contributed by atoms with Gasteiger partial charge < -0.3 is 10.6 Å². The van der Waals surface area contributed by atoms with Crippen molar-refractivity contribution in [1.29, 1.82) is 0 Å². The molecule has 0 aliphatic heterocycles. The molecule has 0 radical (unpaired) electrons. The van der Waals surface area contributed by atoms with Gasteiger partial charge in [-0.3, -0.25) is 4.79 Å². The van der Waals surface area contributed by atoms with E-state index in [0.717, 1.165) is 17.5 Å². The van der Waals surface area contributed by atoms with Gasteiger partial charge in [0.05, 0.1) is 0 Å². The van der Waals surface area contributed by atoms with Crippen LogP contribution in [0.3, 0.4) is 0 Å². The summed E-state index contributed by atoms with van der Waals surface area (Å²) >= 11 is 5.99. The van der Waals surface area contributed by atoms with Crippen LogP contribution in [0.5, 0.6) is 0 Å². The highest BCUT2D eigenvalue weighted by Gasteiger charge is 2.10. The Labute approximate surface area is 168 Å². The van der Waals surface area contributed by atoms with Crippen molar-refractivity contribution in [1.82, 2.24) is 15.3 Å². The fourth-order valence-electron chi connectivity index (χ4n) is 2.68. The molecule has 1 aromatic heterocycles. The maximum Gasteiger partial charge on any atom is 0.270 e. The lowest BCUT2D eigenvalue weighted by Gasteiger charge is -2.09. The number of nitrogens with one attached hydrogen (secondary N) is 2. The summed E-state index contributed by atoms with van der Waals surface area (Å²) in [5, 5.41) is 6.70. The van der Waals surface area contributed by atoms with Crippen LogP contribution in [0.25, 0.3) is 0 Å². The van der Waals surface area contributed by atoms with Crippen LogP contribution in [0.4, 0.5) is 10.2 Å². The molecule has 2 aromatic carbocycles. The van der Waals surface area contributed by atoms with Crippen LogP contribution in [-0.2, 0) is 13.0 Å². The molecule has 0 aliphatic rings. The molecule has 2 N–H and O–H groups in total. The van der Waals surface area contributed by atoms with Crippen molar-refractivity contribution in [2.24, 2.45) is 0 Å². The van der Waals surface area contributed by atoms with Crippen LogP contribution in [-0.4, -0.2) is 22.4 Å². The maximum absolute atomic E-state index is 13.0. The second-order valence-corrected chi connectivity index (χ2v) is 6.74. The van der Waals surface area contributed by atoms with Crippen molar-refractivity contribution in [3.8, 4) is 0 Å². The number of halogens is 2. The third-order valence-corrected chi connectivity index (χ3v) is 4.28. The molecule has 0 atom stereocenters. The summed E-state index contributed by atoms with van der Waals surface area (Å²) in [5.74, 6) is 0.462. The van der Waals surface area contributed by atoms with Crippen molar-refractivity contribution in [3.05, 3.63) is 88.1 Å². The topological polar surface area (TPSA) is 66.9 Å². The fourth-order valence-corrected chi connectivity index (χ4v) is 2.89. The Morgan fingerprint density at radius 1 is 1.07 bits per heavy atom. The normalized spacial score (nSPS) is 10.5. The Morgan fingerprint density at radius 3 is 2.61 bits per heavy atom. The molecule has 0 spiro atoms. The number of carbonyl (C=O) groups excluding carboxylic acids is 1. The summed E-state index contributed by atoms with van der Waals surface area (Å²) in [6.45, 7) is 2.67. The van der Waals surface area contributed by atoms with E-state index in [4.69, 9.17) is 11.6 Å². The van der Waals surface area contributed by atoms with Gasteiger partial charge in [-0.1, -0.05) is 35.9 Å². The number of aryl methyl sites for hydroxylation is 1. The van der Waals surface area contributed by atoms with E-state index in [0.29, 0.717) is 29.8 Å². The second kappa shape index (κ2) is 9.28. The van der Waals surface area contributed by atoms with E-state index in [-0.39, 0.29) is 17.4 Å². The maximum atomic E-state index is 13.0. The van der Waals surface area contributed by atoms with Crippen molar-refractivity contribution >= 4 is 23.3 Å². The third kappa shape index (κ3) is 5.76. The quantitative estimate of drug-likeness (QED) is 0.627. The highest BCUT2D eigenvalue weighted by molar-refractivity contribution is 6.30. The average molecular weight is 399 g/mol. The van der Waals surface area contributed by atoms with E-state index in [1.165, 1.54) is 12.1 Å². The molecule has 0 saturated heterocycles. The Bertz CT molecular complexity index is 963. The van der Waals surface area contributed by atoms with E-state index < -0.39 is 0 Å². The summed E-state index contributed by atoms with van der Waals surface area (Å²) in [5.41, 5.74) is 2.20. The molecule has 3 rings (SSSR count). The zero-order chi connectivity index (χ0) is 19.9. The number of nitrogens with zero attached hydrogens (tertiary/aromatic N) is 2. The number of aromatic nitrogens is 2. The van der Waals surface area contributed by atoms with Gasteiger partial charge in [0.1, 0.15) is 23.2 Å². The second-order valence-electron chi connectivity index (χ2n) is 6.30. The van der Waals surface area contributed by atoms with Crippen LogP contribution in [0, 0.1) is 12.7 Å². The van der Waals surface area contributed by atoms with Gasteiger partial charge in [0.2, 0.25) is 0 Å². The van der Waals surface area contributed by atoms with Gasteiger partial charge >= 0.3 is 0 Å². The molecule has 28 heavy (non-hydrogen) atoms. The van der Waals surface area contributed by atoms with E-state index in [2.05, 4.69) is 20.6 Å². The van der Waals surface area contributed by atoms with Crippen LogP contribution >= 0.6 is 11.6 Å². The van der Waals surface area contributed by atoms with Crippen molar-refractivity contribution in [3.63, 3.8) is 0 Å². The van der Waals surface area contributed by atoms with Crippen molar-refractivity contribution in [2.75, 3.05) is 11.9 Å². The lowest BCUT2D eigenvalue weighted by molar-refractivity contribution is 0.0945. The Morgan fingerprint density at radius 2 is 1.86 bits per heavy atom. The smallest absolute Gasteiger partial charge is 0.270 e. The predicted molar refractivity (Wildman–Crippen MR) is 108 cm³/mol. The molecule has 1 amide bonds. The lowest BCUT2D eigenvalue weighted by Crippen LogP contribution is -2.24. The molecule has 0 saturated carbocycles. The Kier molecular flexibility index (Phi) is 6.55. The van der Waals surface area contributed by atoms with Crippen LogP contribution in [0.15, 0.2) is 54.6 Å². The predicted octanol–water partition coefficient (Wildman–Crippen LogP) is 4.16. The summed E-state index contributed by atoms with van der Waals surface area (Å²) in [6, 6.07) is 15.3. The van der Waals surface area contributed by atoms with E-state index in [1.54, 1.807) is 25.1 Å². The zero-order valence-corrected chi connectivity index (χ0v) is 16.1. The first-order valence-electron chi connectivity index (χ1n) is 8.86. The molecule has 0 aliphatic carbocycles. The molecule has 7 heteroatoms. The molecule has 0 fully saturated rings. The van der Waals surface area contributed by atoms with Crippen molar-refractivity contribution in [2.45, 2.75) is 19.9 Å². The number of hydrogen-bond donors (Lipinski definition) is 2. The summed E-state index contributed by atoms with van der Waals surface area (Å²) in [4.78, 5) is 20.9. The molecule has 0 unspecified atom stereocenters. The lowest BCUT2D eigenvalue weighted by atomic mass is 10.1. The Hall–Kier alpha value is -2.99. The van der Waals surface area contributed by atoms with Gasteiger partial charge in [0.25, 0.3) is 5.91 Å². The Balaban J connectivity index is 1.58. The SMILES string of the molecule is Cc1nc(NCCc2cccc(Cl)c2)cc(C(=O)NCc2ccc(F)cc2)n1. The number of benzene rings is 2. The van der Waals surface area contributed by atoms with Gasteiger partial charge in [-0.15, -0.1) is 0 Å². The minimum absolute atomic E-state index is 0.278. The number of carbonyl (C=O) groups is 1. The minimum atomic E-state index is -0.312. The minimum Gasteiger partial charge on any atom is -0.370 e. The zero-order valence-electron chi connectivity index (χ0n) is 15.4. The molecule has 3 aromatic rings. The standard InChI is InChI=1S/C21H20ClFN4O/c1-14-26-19(21(28)25-13-16-5-7-18(23)8-6-16)12-20(27-14)24-10-9-15-3-2-4-17(22)11-15/h2-8,11-12H,9-10,13H2,1H3,(H,25,28)(H,24,26,27). The van der Waals surface area contributed by atoms with E-state index in [9.17, 15) is 9.18 Å². The first kappa shape index (κ1) is 19.8. The number of amides is 1. The van der Waals surface area contributed by atoms with E-state index in [1.807, 2.05) is 24.3 Å². The third-order valence-electron chi connectivity index (χ3n) is 4.05. The molecule has 1 heterocycles. The highest BCUT2D eigenvalue weighted by atomic mass is 35.5. The summed E-state index contributed by atoms with van der Waals surface area (Å²) < 4.78 is 13.0. The first-order valence-corrected chi connectivity index (χ1v) is 9.24. The molecule has 0 bridgehead atoms. The molecule has 5 nitrogen and oxygen atoms in total. The van der Waals surface area contributed by atoms with E-state index >= 15 is 0 Å². The van der Waals surface area contributed by atoms with Gasteiger partial charge in [-0.05, 0) is 48.7 Å².